The van der Waals surface area contributed by atoms with E-state index in [1.54, 1.807) is 0 Å². The fourth-order valence-electron chi connectivity index (χ4n) is 4.46. The highest BCUT2D eigenvalue weighted by molar-refractivity contribution is 5.93. The Labute approximate surface area is 143 Å². The molecule has 2 aromatic rings. The average Bonchev–Trinajstić information content (AvgIpc) is 3.30. The van der Waals surface area contributed by atoms with Crippen molar-refractivity contribution in [1.82, 2.24) is 19.2 Å². The van der Waals surface area contributed by atoms with Gasteiger partial charge < -0.3 is 9.30 Å². The summed E-state index contributed by atoms with van der Waals surface area (Å²) in [6.07, 6.45) is 8.55. The second kappa shape index (κ2) is 6.20. The van der Waals surface area contributed by atoms with Crippen molar-refractivity contribution in [3.63, 3.8) is 0 Å². The smallest absolute Gasteiger partial charge is 0.274 e. The van der Waals surface area contributed by atoms with Gasteiger partial charge in [0.1, 0.15) is 11.3 Å². The van der Waals surface area contributed by atoms with Gasteiger partial charge in [-0.15, -0.1) is 0 Å². The largest absolute Gasteiger partial charge is 0.333 e. The molecule has 4 heterocycles. The van der Waals surface area contributed by atoms with Crippen LogP contribution in [0.2, 0.25) is 0 Å². The lowest BCUT2D eigenvalue weighted by Gasteiger charge is -2.34. The molecule has 2 aliphatic heterocycles. The van der Waals surface area contributed by atoms with Crippen LogP contribution in [0.4, 0.5) is 0 Å². The third kappa shape index (κ3) is 2.61. The minimum atomic E-state index is 0.0989. The number of aryl methyl sites for hydroxylation is 1. The first-order chi connectivity index (χ1) is 11.7. The molecule has 0 radical (unpaired) electrons. The highest BCUT2D eigenvalue weighted by atomic mass is 16.2. The molecule has 5 heteroatoms. The minimum Gasteiger partial charge on any atom is -0.333 e. The third-order valence-electron chi connectivity index (χ3n) is 5.66. The number of pyridine rings is 1. The maximum absolute atomic E-state index is 13.1. The molecule has 2 fully saturated rings. The SMILES string of the molecule is CCN1CCC[C@@H]1[C@@H]1CCCN1C(=O)c1cn2ccc(C)cc2n1. The average molecular weight is 326 g/mol. The first-order valence-corrected chi connectivity index (χ1v) is 9.18. The van der Waals surface area contributed by atoms with Gasteiger partial charge in [0.2, 0.25) is 0 Å². The van der Waals surface area contributed by atoms with Crippen LogP contribution in [0.25, 0.3) is 5.65 Å². The Hall–Kier alpha value is -1.88. The van der Waals surface area contributed by atoms with Gasteiger partial charge in [0.05, 0.1) is 0 Å². The predicted molar refractivity (Wildman–Crippen MR) is 94.3 cm³/mol. The van der Waals surface area contributed by atoms with E-state index in [0.29, 0.717) is 17.8 Å². The quantitative estimate of drug-likeness (QED) is 0.871. The van der Waals surface area contributed by atoms with Crippen LogP contribution in [0.1, 0.15) is 48.7 Å². The van der Waals surface area contributed by atoms with Crippen LogP contribution in [0, 0.1) is 6.92 Å². The van der Waals surface area contributed by atoms with Crippen molar-refractivity contribution < 1.29 is 4.79 Å². The number of carbonyl (C=O) groups is 1. The van der Waals surface area contributed by atoms with Gasteiger partial charge in [-0.3, -0.25) is 9.69 Å². The van der Waals surface area contributed by atoms with E-state index in [1.807, 2.05) is 35.9 Å². The molecule has 0 saturated carbocycles. The fraction of sp³-hybridized carbons (Fsp3) is 0.579. The third-order valence-corrected chi connectivity index (χ3v) is 5.66. The van der Waals surface area contributed by atoms with E-state index in [9.17, 15) is 4.79 Å². The van der Waals surface area contributed by atoms with E-state index in [2.05, 4.69) is 21.7 Å². The molecule has 128 valence electrons. The number of likely N-dealkylation sites (N-methyl/N-ethyl adjacent to an activating group) is 1. The number of aromatic nitrogens is 2. The second-order valence-corrected chi connectivity index (χ2v) is 7.14. The number of likely N-dealkylation sites (tertiary alicyclic amines) is 2. The number of rotatable bonds is 3. The van der Waals surface area contributed by atoms with Gasteiger partial charge in [-0.2, -0.15) is 0 Å². The molecule has 4 rings (SSSR count). The standard InChI is InChI=1S/C19H26N4O/c1-3-21-9-4-6-16(21)17-7-5-10-23(17)19(24)15-13-22-11-8-14(2)12-18(22)20-15/h8,11-13,16-17H,3-7,9-10H2,1-2H3/t16-,17+/m1/s1. The molecule has 0 aromatic carbocycles. The fourth-order valence-corrected chi connectivity index (χ4v) is 4.46. The molecular weight excluding hydrogens is 300 g/mol. The van der Waals surface area contributed by atoms with E-state index >= 15 is 0 Å². The van der Waals surface area contributed by atoms with E-state index in [1.165, 1.54) is 19.4 Å². The van der Waals surface area contributed by atoms with Gasteiger partial charge in [0.25, 0.3) is 5.91 Å². The zero-order chi connectivity index (χ0) is 16.7. The number of amides is 1. The Bertz CT molecular complexity index is 753. The lowest BCUT2D eigenvalue weighted by Crippen LogP contribution is -2.48. The van der Waals surface area contributed by atoms with Gasteiger partial charge in [-0.25, -0.2) is 4.98 Å². The maximum atomic E-state index is 13.1. The lowest BCUT2D eigenvalue weighted by atomic mass is 10.0. The molecule has 2 atom stereocenters. The normalized spacial score (nSPS) is 25.0. The summed E-state index contributed by atoms with van der Waals surface area (Å²) in [4.78, 5) is 22.3. The summed E-state index contributed by atoms with van der Waals surface area (Å²) in [6.45, 7) is 7.39. The number of hydrogen-bond acceptors (Lipinski definition) is 3. The van der Waals surface area contributed by atoms with Gasteiger partial charge in [-0.05, 0) is 63.4 Å². The summed E-state index contributed by atoms with van der Waals surface area (Å²) in [5.74, 6) is 0.0989. The van der Waals surface area contributed by atoms with Gasteiger partial charge in [0.15, 0.2) is 0 Å². The topological polar surface area (TPSA) is 40.9 Å². The Morgan fingerprint density at radius 1 is 1.25 bits per heavy atom. The first-order valence-electron chi connectivity index (χ1n) is 9.18. The summed E-state index contributed by atoms with van der Waals surface area (Å²) in [5, 5.41) is 0. The van der Waals surface area contributed by atoms with Crippen LogP contribution >= 0.6 is 0 Å². The Kier molecular flexibility index (Phi) is 4.04. The van der Waals surface area contributed by atoms with Crippen LogP contribution < -0.4 is 0 Å². The number of carbonyl (C=O) groups excluding carboxylic acids is 1. The van der Waals surface area contributed by atoms with Gasteiger partial charge in [-0.1, -0.05) is 6.92 Å². The summed E-state index contributed by atoms with van der Waals surface area (Å²) < 4.78 is 1.94. The molecular formula is C19H26N4O. The Morgan fingerprint density at radius 2 is 2.04 bits per heavy atom. The number of hydrogen-bond donors (Lipinski definition) is 0. The molecule has 5 nitrogen and oxygen atoms in total. The Balaban J connectivity index is 1.60. The number of fused-ring (bicyclic) bond motifs is 1. The molecule has 0 N–H and O–H groups in total. The van der Waals surface area contributed by atoms with E-state index in [-0.39, 0.29) is 5.91 Å². The van der Waals surface area contributed by atoms with E-state index < -0.39 is 0 Å². The van der Waals surface area contributed by atoms with E-state index in [0.717, 1.165) is 37.1 Å². The van der Waals surface area contributed by atoms with Crippen molar-refractivity contribution in [3.05, 3.63) is 35.8 Å². The minimum absolute atomic E-state index is 0.0989. The summed E-state index contributed by atoms with van der Waals surface area (Å²) in [6, 6.07) is 4.94. The summed E-state index contributed by atoms with van der Waals surface area (Å²) >= 11 is 0. The molecule has 24 heavy (non-hydrogen) atoms. The number of nitrogens with zero attached hydrogens (tertiary/aromatic N) is 4. The van der Waals surface area contributed by atoms with Crippen LogP contribution in [0.5, 0.6) is 0 Å². The van der Waals surface area contributed by atoms with Crippen LogP contribution in [0.15, 0.2) is 24.5 Å². The molecule has 0 bridgehead atoms. The van der Waals surface area contributed by atoms with Crippen LogP contribution in [-0.4, -0.2) is 56.8 Å². The predicted octanol–water partition coefficient (Wildman–Crippen LogP) is 2.73. The molecule has 2 aliphatic rings. The zero-order valence-electron chi connectivity index (χ0n) is 14.6. The second-order valence-electron chi connectivity index (χ2n) is 7.14. The molecule has 2 saturated heterocycles. The molecule has 0 spiro atoms. The molecule has 0 unspecified atom stereocenters. The van der Waals surface area contributed by atoms with E-state index in [4.69, 9.17) is 0 Å². The number of imidazole rings is 1. The Morgan fingerprint density at radius 3 is 2.88 bits per heavy atom. The summed E-state index contributed by atoms with van der Waals surface area (Å²) in [5.41, 5.74) is 2.59. The van der Waals surface area contributed by atoms with Gasteiger partial charge in [0, 0.05) is 31.0 Å². The zero-order valence-corrected chi connectivity index (χ0v) is 14.6. The van der Waals surface area contributed by atoms with Crippen molar-refractivity contribution in [2.24, 2.45) is 0 Å². The summed E-state index contributed by atoms with van der Waals surface area (Å²) in [7, 11) is 0. The highest BCUT2D eigenvalue weighted by Crippen LogP contribution is 2.30. The van der Waals surface area contributed by atoms with Gasteiger partial charge >= 0.3 is 0 Å². The van der Waals surface area contributed by atoms with Crippen molar-refractivity contribution in [3.8, 4) is 0 Å². The lowest BCUT2D eigenvalue weighted by molar-refractivity contribution is 0.0645. The van der Waals surface area contributed by atoms with Crippen molar-refractivity contribution in [2.45, 2.75) is 51.6 Å². The van der Waals surface area contributed by atoms with Crippen LogP contribution in [0.3, 0.4) is 0 Å². The molecule has 0 aliphatic carbocycles. The highest BCUT2D eigenvalue weighted by Gasteiger charge is 2.39. The van der Waals surface area contributed by atoms with Crippen LogP contribution in [-0.2, 0) is 0 Å². The monoisotopic (exact) mass is 326 g/mol. The maximum Gasteiger partial charge on any atom is 0.274 e. The molecule has 1 amide bonds. The van der Waals surface area contributed by atoms with Crippen molar-refractivity contribution in [2.75, 3.05) is 19.6 Å². The molecule has 2 aromatic heterocycles. The van der Waals surface area contributed by atoms with Crippen molar-refractivity contribution >= 4 is 11.6 Å². The first kappa shape index (κ1) is 15.6. The van der Waals surface area contributed by atoms with Crippen molar-refractivity contribution in [1.29, 1.82) is 0 Å².